The van der Waals surface area contributed by atoms with Gasteiger partial charge in [0.25, 0.3) is 0 Å². The fourth-order valence-electron chi connectivity index (χ4n) is 8.01. The summed E-state index contributed by atoms with van der Waals surface area (Å²) in [6.45, 7) is 4.09. The molecular weight excluding hydrogens is 689 g/mol. The molecule has 0 spiro atoms. The quantitative estimate of drug-likeness (QED) is 0.177. The van der Waals surface area contributed by atoms with Crippen LogP contribution < -0.4 is 10.6 Å². The zero-order valence-corrected chi connectivity index (χ0v) is 29.8. The number of rotatable bonds is 11. The molecule has 6 aromatic rings. The van der Waals surface area contributed by atoms with Crippen molar-refractivity contribution in [2.24, 2.45) is 0 Å². The average molecular weight is 730 g/mol. The van der Waals surface area contributed by atoms with Gasteiger partial charge in [-0.05, 0) is 66.6 Å². The molecule has 276 valence electrons. The van der Waals surface area contributed by atoms with Gasteiger partial charge in [-0.2, -0.15) is 0 Å². The number of aryl methyl sites for hydroxylation is 1. The summed E-state index contributed by atoms with van der Waals surface area (Å²) < 4.78 is 40.2. The van der Waals surface area contributed by atoms with E-state index in [0.717, 1.165) is 34.1 Å². The Morgan fingerprint density at radius 1 is 0.778 bits per heavy atom. The van der Waals surface area contributed by atoms with E-state index in [1.807, 2.05) is 65.2 Å². The van der Waals surface area contributed by atoms with Gasteiger partial charge in [-0.1, -0.05) is 42.0 Å². The van der Waals surface area contributed by atoms with Gasteiger partial charge in [0.15, 0.2) is 0 Å². The zero-order chi connectivity index (χ0) is 37.2. The van der Waals surface area contributed by atoms with Gasteiger partial charge in [0.2, 0.25) is 11.8 Å². The summed E-state index contributed by atoms with van der Waals surface area (Å²) in [4.78, 5) is 38.5. The first-order valence-corrected chi connectivity index (χ1v) is 18.2. The molecule has 54 heavy (non-hydrogen) atoms. The summed E-state index contributed by atoms with van der Waals surface area (Å²) in [6.07, 6.45) is 8.85. The molecular formula is C42H41F2N7O3. The van der Waals surface area contributed by atoms with Crippen molar-refractivity contribution < 1.29 is 22.8 Å². The third-order valence-electron chi connectivity index (χ3n) is 10.6. The summed E-state index contributed by atoms with van der Waals surface area (Å²) in [5.41, 5.74) is 4.78. The van der Waals surface area contributed by atoms with Gasteiger partial charge in [0.1, 0.15) is 29.5 Å². The van der Waals surface area contributed by atoms with E-state index in [4.69, 9.17) is 4.42 Å². The maximum atomic E-state index is 16.0. The van der Waals surface area contributed by atoms with Gasteiger partial charge in [-0.15, -0.1) is 0 Å². The highest BCUT2D eigenvalue weighted by atomic mass is 19.1. The molecule has 2 aliphatic heterocycles. The van der Waals surface area contributed by atoms with Crippen LogP contribution >= 0.6 is 0 Å². The molecule has 0 saturated carbocycles. The Balaban J connectivity index is 1.29. The van der Waals surface area contributed by atoms with Crippen molar-refractivity contribution in [3.63, 3.8) is 0 Å². The van der Waals surface area contributed by atoms with Crippen LogP contribution in [0.2, 0.25) is 0 Å². The number of nitrogens with one attached hydrogen (secondary N) is 2. The van der Waals surface area contributed by atoms with Crippen LogP contribution in [0, 0.1) is 18.6 Å². The second-order valence-electron chi connectivity index (χ2n) is 13.9. The SMILES string of the molecule is Cc1ccc(C2c3cccn3CCN2C(C(=O)NCc2cccnc2)C(C(=O)NCc2ccco2)N2CCn3cccc3C2c2ccc(F)cc2F)cc1. The van der Waals surface area contributed by atoms with Crippen molar-refractivity contribution in [1.29, 1.82) is 0 Å². The molecule has 6 heterocycles. The van der Waals surface area contributed by atoms with E-state index < -0.39 is 41.7 Å². The number of nitrogens with zero attached hydrogens (tertiary/aromatic N) is 5. The van der Waals surface area contributed by atoms with Gasteiger partial charge in [0, 0.05) is 80.5 Å². The van der Waals surface area contributed by atoms with Gasteiger partial charge < -0.3 is 24.2 Å². The number of halogens is 2. The van der Waals surface area contributed by atoms with E-state index in [-0.39, 0.29) is 24.6 Å². The molecule has 2 amide bonds. The van der Waals surface area contributed by atoms with E-state index >= 15 is 14.0 Å². The Bertz CT molecular complexity index is 2220. The Morgan fingerprint density at radius 2 is 1.44 bits per heavy atom. The molecule has 8 rings (SSSR count). The number of fused-ring (bicyclic) bond motifs is 2. The lowest BCUT2D eigenvalue weighted by molar-refractivity contribution is -0.141. The smallest absolute Gasteiger partial charge is 0.239 e. The first-order chi connectivity index (χ1) is 26.4. The van der Waals surface area contributed by atoms with Crippen molar-refractivity contribution >= 4 is 11.8 Å². The molecule has 4 atom stereocenters. The summed E-state index contributed by atoms with van der Waals surface area (Å²) in [7, 11) is 0. The Morgan fingerprint density at radius 3 is 2.07 bits per heavy atom. The van der Waals surface area contributed by atoms with Crippen LogP contribution in [-0.2, 0) is 35.8 Å². The van der Waals surface area contributed by atoms with Crippen molar-refractivity contribution in [2.75, 3.05) is 13.1 Å². The van der Waals surface area contributed by atoms with E-state index in [1.54, 1.807) is 30.6 Å². The van der Waals surface area contributed by atoms with Gasteiger partial charge in [-0.3, -0.25) is 24.4 Å². The molecule has 2 N–H and O–H groups in total. The number of furan rings is 1. The second-order valence-corrected chi connectivity index (χ2v) is 13.9. The third-order valence-corrected chi connectivity index (χ3v) is 10.6. The molecule has 0 fully saturated rings. The molecule has 0 radical (unpaired) electrons. The summed E-state index contributed by atoms with van der Waals surface area (Å²) in [5, 5.41) is 6.21. The number of pyridine rings is 1. The fraction of sp³-hybridized carbons (Fsp3) is 0.262. The predicted octanol–water partition coefficient (Wildman–Crippen LogP) is 5.74. The van der Waals surface area contributed by atoms with Gasteiger partial charge in [-0.25, -0.2) is 8.78 Å². The van der Waals surface area contributed by atoms with E-state index in [1.165, 1.54) is 18.4 Å². The van der Waals surface area contributed by atoms with Crippen LogP contribution in [-0.4, -0.2) is 60.9 Å². The van der Waals surface area contributed by atoms with Crippen LogP contribution in [0.5, 0.6) is 0 Å². The third kappa shape index (κ3) is 6.97. The van der Waals surface area contributed by atoms with Crippen LogP contribution in [0.25, 0.3) is 0 Å². The molecule has 0 aliphatic carbocycles. The molecule has 12 heteroatoms. The summed E-state index contributed by atoms with van der Waals surface area (Å²) in [6, 6.07) is 23.3. The first-order valence-electron chi connectivity index (χ1n) is 18.2. The zero-order valence-electron chi connectivity index (χ0n) is 29.8. The Kier molecular flexibility index (Phi) is 9.94. The van der Waals surface area contributed by atoms with Gasteiger partial charge >= 0.3 is 0 Å². The predicted molar refractivity (Wildman–Crippen MR) is 198 cm³/mol. The Labute approximate surface area is 312 Å². The molecule has 10 nitrogen and oxygen atoms in total. The topological polar surface area (TPSA) is 101 Å². The van der Waals surface area contributed by atoms with Crippen molar-refractivity contribution in [3.05, 3.63) is 173 Å². The van der Waals surface area contributed by atoms with E-state index in [9.17, 15) is 4.39 Å². The second kappa shape index (κ2) is 15.2. The molecule has 0 saturated heterocycles. The normalized spacial score (nSPS) is 18.4. The van der Waals surface area contributed by atoms with Crippen molar-refractivity contribution in [2.45, 2.75) is 57.3 Å². The standard InChI is InChI=1S/C42H41F2N7O3/c1-28-10-12-30(13-11-28)37-35-8-3-17-48(35)19-21-50(37)39(41(52)46-26-29-6-2-16-45-25-29)40(42(53)47-27-32-7-5-23-54-32)51-22-20-49-18-4-9-36(49)38(51)33-15-14-31(43)24-34(33)44/h2-18,23-25,37-40H,19-22,26-27H2,1H3,(H,46,52)(H,47,53). The van der Waals surface area contributed by atoms with Crippen LogP contribution in [0.3, 0.4) is 0 Å². The first kappa shape index (κ1) is 35.2. The summed E-state index contributed by atoms with van der Waals surface area (Å²) >= 11 is 0. The maximum Gasteiger partial charge on any atom is 0.239 e. The lowest BCUT2D eigenvalue weighted by Gasteiger charge is -2.49. The van der Waals surface area contributed by atoms with Crippen molar-refractivity contribution in [1.82, 2.24) is 34.6 Å². The number of benzene rings is 2. The minimum absolute atomic E-state index is 0.0798. The van der Waals surface area contributed by atoms with Crippen LogP contribution in [0.4, 0.5) is 8.78 Å². The molecule has 0 bridgehead atoms. The van der Waals surface area contributed by atoms with Crippen LogP contribution in [0.15, 0.2) is 126 Å². The monoisotopic (exact) mass is 729 g/mol. The largest absolute Gasteiger partial charge is 0.467 e. The highest BCUT2D eigenvalue weighted by Gasteiger charge is 2.49. The number of hydrogen-bond donors (Lipinski definition) is 2. The number of carbonyl (C=O) groups excluding carboxylic acids is 2. The molecule has 2 aromatic carbocycles. The Hall–Kier alpha value is -5.85. The number of hydrogen-bond acceptors (Lipinski definition) is 6. The molecule has 2 aliphatic rings. The molecule has 4 aromatic heterocycles. The minimum Gasteiger partial charge on any atom is -0.467 e. The highest BCUT2D eigenvalue weighted by molar-refractivity contribution is 5.92. The summed E-state index contributed by atoms with van der Waals surface area (Å²) in [5.74, 6) is -1.69. The molecule has 4 unspecified atom stereocenters. The van der Waals surface area contributed by atoms with E-state index in [2.05, 4.69) is 43.3 Å². The number of aromatic nitrogens is 3. The van der Waals surface area contributed by atoms with Gasteiger partial charge in [0.05, 0.1) is 24.9 Å². The van der Waals surface area contributed by atoms with Crippen molar-refractivity contribution in [3.8, 4) is 0 Å². The lowest BCUT2D eigenvalue weighted by Crippen LogP contribution is -2.66. The number of carbonyl (C=O) groups is 2. The number of amides is 2. The fourth-order valence-corrected chi connectivity index (χ4v) is 8.01. The average Bonchev–Trinajstić information content (AvgIpc) is 3.99. The lowest BCUT2D eigenvalue weighted by atomic mass is 9.90. The maximum absolute atomic E-state index is 16.0. The van der Waals surface area contributed by atoms with E-state index in [0.29, 0.717) is 31.9 Å². The van der Waals surface area contributed by atoms with Crippen LogP contribution in [0.1, 0.15) is 51.5 Å². The minimum atomic E-state index is -1.15. The highest BCUT2D eigenvalue weighted by Crippen LogP contribution is 2.40.